The van der Waals surface area contributed by atoms with Crippen LogP contribution in [0.1, 0.15) is 11.7 Å². The van der Waals surface area contributed by atoms with Crippen molar-refractivity contribution in [3.8, 4) is 0 Å². The molecule has 104 valence electrons. The Bertz CT molecular complexity index is 521. The Morgan fingerprint density at radius 3 is 2.42 bits per heavy atom. The molecule has 0 heterocycles. The summed E-state index contributed by atoms with van der Waals surface area (Å²) in [6.07, 6.45) is -4.27. The Balaban J connectivity index is 3.23. The molecule has 9 heteroatoms. The van der Waals surface area contributed by atoms with Gasteiger partial charge in [0, 0.05) is 17.7 Å². The highest BCUT2D eigenvalue weighted by Gasteiger charge is 2.31. The highest BCUT2D eigenvalue weighted by molar-refractivity contribution is 5.75. The molecule has 0 spiro atoms. The summed E-state index contributed by atoms with van der Waals surface area (Å²) in [5.74, 6) is -4.04. The number of ether oxygens (including phenoxy) is 1. The van der Waals surface area contributed by atoms with Crippen molar-refractivity contribution in [2.24, 2.45) is 0 Å². The van der Waals surface area contributed by atoms with Crippen molar-refractivity contribution in [1.29, 1.82) is 0 Å². The van der Waals surface area contributed by atoms with Gasteiger partial charge in [0.1, 0.15) is 11.9 Å². The average Bonchev–Trinajstić information content (AvgIpc) is 2.35. The average molecular weight is 277 g/mol. The zero-order valence-corrected chi connectivity index (χ0v) is 9.54. The molecule has 0 aliphatic carbocycles. The van der Waals surface area contributed by atoms with Crippen LogP contribution in [-0.4, -0.2) is 34.3 Å². The summed E-state index contributed by atoms with van der Waals surface area (Å²) in [7, 11) is 0.918. The largest absolute Gasteiger partial charge is 0.467 e. The molecule has 0 bridgehead atoms. The lowest BCUT2D eigenvalue weighted by molar-refractivity contribution is -0.387. The molecule has 0 fully saturated rings. The van der Waals surface area contributed by atoms with Gasteiger partial charge in [-0.2, -0.15) is 4.39 Å². The van der Waals surface area contributed by atoms with E-state index in [9.17, 15) is 33.9 Å². The van der Waals surface area contributed by atoms with Crippen LogP contribution in [0.25, 0.3) is 0 Å². The number of nitro groups is 1. The molecular weight excluding hydrogens is 268 g/mol. The van der Waals surface area contributed by atoms with Crippen LogP contribution in [0, 0.1) is 21.7 Å². The van der Waals surface area contributed by atoms with Gasteiger partial charge in [0.25, 0.3) is 0 Å². The van der Waals surface area contributed by atoms with Gasteiger partial charge in [0.05, 0.1) is 12.0 Å². The Labute approximate surface area is 105 Å². The SMILES string of the molecule is COC(=O)C(O)C(O)c1cc([N+](=O)[O-])c(F)cc1F. The van der Waals surface area contributed by atoms with Crippen molar-refractivity contribution in [2.75, 3.05) is 7.11 Å². The van der Waals surface area contributed by atoms with Crippen LogP contribution < -0.4 is 0 Å². The fourth-order valence-corrected chi connectivity index (χ4v) is 1.34. The quantitative estimate of drug-likeness (QED) is 0.469. The minimum absolute atomic E-state index is 0.181. The monoisotopic (exact) mass is 277 g/mol. The number of benzene rings is 1. The second-order valence-electron chi connectivity index (χ2n) is 3.50. The third kappa shape index (κ3) is 3.01. The van der Waals surface area contributed by atoms with E-state index < -0.39 is 46.0 Å². The van der Waals surface area contributed by atoms with Crippen molar-refractivity contribution in [3.63, 3.8) is 0 Å². The van der Waals surface area contributed by atoms with Gasteiger partial charge in [-0.3, -0.25) is 10.1 Å². The molecule has 0 saturated heterocycles. The van der Waals surface area contributed by atoms with E-state index in [1.165, 1.54) is 0 Å². The molecule has 0 amide bonds. The van der Waals surface area contributed by atoms with Crippen molar-refractivity contribution in [3.05, 3.63) is 39.4 Å². The lowest BCUT2D eigenvalue weighted by Gasteiger charge is -2.16. The summed E-state index contributed by atoms with van der Waals surface area (Å²) in [6, 6.07) is 0.585. The molecule has 0 aliphatic heterocycles. The van der Waals surface area contributed by atoms with Gasteiger partial charge in [-0.05, 0) is 0 Å². The summed E-state index contributed by atoms with van der Waals surface area (Å²) in [5.41, 5.74) is -1.88. The van der Waals surface area contributed by atoms with Crippen LogP contribution in [0.15, 0.2) is 12.1 Å². The van der Waals surface area contributed by atoms with Gasteiger partial charge in [-0.15, -0.1) is 0 Å². The minimum atomic E-state index is -2.15. The van der Waals surface area contributed by atoms with E-state index in [2.05, 4.69) is 4.74 Å². The van der Waals surface area contributed by atoms with Gasteiger partial charge in [0.2, 0.25) is 5.82 Å². The molecule has 2 unspecified atom stereocenters. The van der Waals surface area contributed by atoms with Crippen molar-refractivity contribution < 1.29 is 33.4 Å². The van der Waals surface area contributed by atoms with Crippen LogP contribution in [0.4, 0.5) is 14.5 Å². The predicted octanol–water partition coefficient (Wildman–Crippen LogP) is 0.440. The normalized spacial score (nSPS) is 13.7. The second kappa shape index (κ2) is 5.67. The molecule has 1 aromatic carbocycles. The minimum Gasteiger partial charge on any atom is -0.467 e. The molecule has 0 saturated carbocycles. The van der Waals surface area contributed by atoms with E-state index in [0.29, 0.717) is 6.07 Å². The molecule has 7 nitrogen and oxygen atoms in total. The van der Waals surface area contributed by atoms with Gasteiger partial charge in [-0.25, -0.2) is 9.18 Å². The van der Waals surface area contributed by atoms with E-state index in [1.54, 1.807) is 0 Å². The van der Waals surface area contributed by atoms with Gasteiger partial charge >= 0.3 is 11.7 Å². The first-order valence-electron chi connectivity index (χ1n) is 4.86. The summed E-state index contributed by atoms with van der Waals surface area (Å²) < 4.78 is 30.6. The lowest BCUT2D eigenvalue weighted by Crippen LogP contribution is -2.29. The Kier molecular flexibility index (Phi) is 4.46. The van der Waals surface area contributed by atoms with Gasteiger partial charge in [-0.1, -0.05) is 0 Å². The third-order valence-electron chi connectivity index (χ3n) is 2.32. The Hall–Kier alpha value is -2.13. The summed E-state index contributed by atoms with van der Waals surface area (Å²) >= 11 is 0. The van der Waals surface area contributed by atoms with E-state index in [1.807, 2.05) is 0 Å². The first-order valence-corrected chi connectivity index (χ1v) is 4.86. The molecule has 0 radical (unpaired) electrons. The van der Waals surface area contributed by atoms with Crippen LogP contribution in [0.3, 0.4) is 0 Å². The number of esters is 1. The topological polar surface area (TPSA) is 110 Å². The highest BCUT2D eigenvalue weighted by atomic mass is 19.1. The molecule has 2 N–H and O–H groups in total. The first kappa shape index (κ1) is 14.9. The van der Waals surface area contributed by atoms with E-state index in [4.69, 9.17) is 0 Å². The maximum absolute atomic E-state index is 13.4. The fourth-order valence-electron chi connectivity index (χ4n) is 1.34. The van der Waals surface area contributed by atoms with Crippen LogP contribution in [0.5, 0.6) is 0 Å². The van der Waals surface area contributed by atoms with E-state index in [0.717, 1.165) is 7.11 Å². The smallest absolute Gasteiger partial charge is 0.337 e. The maximum atomic E-state index is 13.4. The van der Waals surface area contributed by atoms with Gasteiger partial charge in [0.15, 0.2) is 6.10 Å². The zero-order valence-electron chi connectivity index (χ0n) is 9.54. The number of hydrogen-bond donors (Lipinski definition) is 2. The zero-order chi connectivity index (χ0) is 14.7. The molecule has 0 aromatic heterocycles. The molecule has 0 aliphatic rings. The number of aliphatic hydroxyl groups excluding tert-OH is 2. The highest BCUT2D eigenvalue weighted by Crippen LogP contribution is 2.27. The number of halogens is 2. The van der Waals surface area contributed by atoms with Gasteiger partial charge < -0.3 is 14.9 Å². The Morgan fingerprint density at radius 1 is 1.37 bits per heavy atom. The first-order chi connectivity index (χ1) is 8.79. The number of aliphatic hydroxyl groups is 2. The number of carbonyl (C=O) groups excluding carboxylic acids is 1. The summed E-state index contributed by atoms with van der Waals surface area (Å²) in [6.45, 7) is 0. The van der Waals surface area contributed by atoms with Crippen molar-refractivity contribution in [1.82, 2.24) is 0 Å². The molecule has 2 atom stereocenters. The standard InChI is InChI=1S/C10H9F2NO6/c1-19-10(16)9(15)8(14)4-2-7(13(17)18)6(12)3-5(4)11/h2-3,8-9,14-15H,1H3. The fraction of sp³-hybridized carbons (Fsp3) is 0.300. The summed E-state index contributed by atoms with van der Waals surface area (Å²) in [5, 5.41) is 29.3. The Morgan fingerprint density at radius 2 is 1.95 bits per heavy atom. The number of carbonyl (C=O) groups is 1. The molecule has 1 aromatic rings. The number of nitrogens with zero attached hydrogens (tertiary/aromatic N) is 1. The van der Waals surface area contributed by atoms with Crippen molar-refractivity contribution >= 4 is 11.7 Å². The van der Waals surface area contributed by atoms with E-state index in [-0.39, 0.29) is 6.07 Å². The number of nitro benzene ring substituents is 1. The van der Waals surface area contributed by atoms with Crippen LogP contribution >= 0.6 is 0 Å². The lowest BCUT2D eigenvalue weighted by atomic mass is 10.0. The number of rotatable bonds is 4. The van der Waals surface area contributed by atoms with Crippen LogP contribution in [-0.2, 0) is 9.53 Å². The van der Waals surface area contributed by atoms with E-state index >= 15 is 0 Å². The third-order valence-corrected chi connectivity index (χ3v) is 2.32. The molecule has 1 rings (SSSR count). The maximum Gasteiger partial charge on any atom is 0.337 e. The molecular formula is C10H9F2NO6. The second-order valence-corrected chi connectivity index (χ2v) is 3.50. The number of hydrogen-bond acceptors (Lipinski definition) is 6. The predicted molar refractivity (Wildman–Crippen MR) is 56.0 cm³/mol. The van der Waals surface area contributed by atoms with Crippen LogP contribution in [0.2, 0.25) is 0 Å². The molecule has 19 heavy (non-hydrogen) atoms. The summed E-state index contributed by atoms with van der Waals surface area (Å²) in [4.78, 5) is 20.3. The number of methoxy groups -OCH3 is 1. The van der Waals surface area contributed by atoms with Crippen molar-refractivity contribution in [2.45, 2.75) is 12.2 Å².